The van der Waals surface area contributed by atoms with Crippen molar-refractivity contribution in [1.29, 1.82) is 0 Å². The van der Waals surface area contributed by atoms with Gasteiger partial charge in [0, 0.05) is 24.2 Å². The van der Waals surface area contributed by atoms with E-state index in [1.54, 1.807) is 12.1 Å². The molecule has 0 aliphatic heterocycles. The fourth-order valence-corrected chi connectivity index (χ4v) is 4.20. The Labute approximate surface area is 222 Å². The number of halogens is 4. The van der Waals surface area contributed by atoms with Gasteiger partial charge in [-0.3, -0.25) is 9.52 Å². The molecule has 14 heteroatoms. The molecule has 3 rings (SSSR count). The molecule has 0 bridgehead atoms. The summed E-state index contributed by atoms with van der Waals surface area (Å²) < 4.78 is 81.5. The van der Waals surface area contributed by atoms with E-state index >= 15 is 0 Å². The first-order chi connectivity index (χ1) is 17.8. The molecule has 0 radical (unpaired) electrons. The number of amides is 1. The number of hydrogen-bond donors (Lipinski definition) is 1. The summed E-state index contributed by atoms with van der Waals surface area (Å²) in [5.74, 6) is -1.58. The van der Waals surface area contributed by atoms with Crippen molar-refractivity contribution < 1.29 is 40.6 Å². The number of aryl methyl sites for hydroxylation is 2. The summed E-state index contributed by atoms with van der Waals surface area (Å²) in [5, 5.41) is 3.70. The van der Waals surface area contributed by atoms with Crippen LogP contribution in [0.1, 0.15) is 25.0 Å². The Balaban J connectivity index is 1.79. The van der Waals surface area contributed by atoms with Gasteiger partial charge in [0.15, 0.2) is 6.10 Å². The lowest BCUT2D eigenvalue weighted by molar-refractivity contribution is -0.125. The van der Waals surface area contributed by atoms with E-state index in [9.17, 15) is 26.4 Å². The van der Waals surface area contributed by atoms with Gasteiger partial charge in [0.05, 0.1) is 6.26 Å². The fraction of sp³-hybridized carbons (Fsp3) is 0.333. The topological polar surface area (TPSA) is 109 Å². The van der Waals surface area contributed by atoms with E-state index in [1.165, 1.54) is 26.1 Å². The van der Waals surface area contributed by atoms with Gasteiger partial charge in [0.25, 0.3) is 5.91 Å². The Bertz CT molecular complexity index is 1430. The summed E-state index contributed by atoms with van der Waals surface area (Å²) in [6.07, 6.45) is 0.403. The maximum absolute atomic E-state index is 14.9. The highest BCUT2D eigenvalue weighted by molar-refractivity contribution is 7.89. The maximum atomic E-state index is 14.9. The van der Waals surface area contributed by atoms with Crippen molar-refractivity contribution >= 4 is 27.5 Å². The molecule has 1 N–H and O–H groups in total. The molecular weight excluding hydrogens is 551 g/mol. The highest BCUT2D eigenvalue weighted by Gasteiger charge is 2.23. The molecule has 2 aromatic carbocycles. The number of nitrogens with zero attached hydrogens (tertiary/aromatic N) is 2. The van der Waals surface area contributed by atoms with Crippen molar-refractivity contribution in [3.05, 3.63) is 58.4 Å². The third-order valence-corrected chi connectivity index (χ3v) is 6.14. The number of nitrogens with one attached hydrogen (secondary N) is 1. The van der Waals surface area contributed by atoms with Gasteiger partial charge in [0.1, 0.15) is 34.6 Å². The van der Waals surface area contributed by atoms with E-state index in [0.29, 0.717) is 17.7 Å². The average molecular weight is 576 g/mol. The molecule has 0 spiro atoms. The van der Waals surface area contributed by atoms with Gasteiger partial charge in [-0.05, 0) is 37.1 Å². The molecule has 38 heavy (non-hydrogen) atoms. The second-order valence-electron chi connectivity index (χ2n) is 8.19. The highest BCUT2D eigenvalue weighted by Crippen LogP contribution is 2.37. The largest absolute Gasteiger partial charge is 0.489 e. The molecule has 1 amide bonds. The molecule has 1 aromatic heterocycles. The van der Waals surface area contributed by atoms with Gasteiger partial charge in [-0.15, -0.1) is 0 Å². The van der Waals surface area contributed by atoms with E-state index in [4.69, 9.17) is 21.1 Å². The van der Waals surface area contributed by atoms with Gasteiger partial charge in [-0.1, -0.05) is 30.7 Å². The third-order valence-electron chi connectivity index (χ3n) is 5.23. The standard InChI is InChI=1S/C24H25ClF3N3O6S/c1-5-14-6-7-15(19(10-14)36-13(2)22(32)30-38(4,33)34)12-35-16-8-9-17(18(26)11-16)21-20(25)23(31(3)29-21)37-24(27)28/h6-11,13,24H,5,12H2,1-4H3,(H,30,32). The molecule has 0 saturated heterocycles. The van der Waals surface area contributed by atoms with E-state index in [1.807, 2.05) is 17.7 Å². The number of carbonyl (C=O) groups is 1. The number of sulfonamides is 1. The Kier molecular flexibility index (Phi) is 9.15. The molecule has 0 saturated carbocycles. The molecule has 1 heterocycles. The van der Waals surface area contributed by atoms with Gasteiger partial charge >= 0.3 is 6.61 Å². The third kappa shape index (κ3) is 7.32. The normalized spacial score (nSPS) is 12.3. The van der Waals surface area contributed by atoms with Gasteiger partial charge in [-0.2, -0.15) is 13.9 Å². The first-order valence-electron chi connectivity index (χ1n) is 11.2. The van der Waals surface area contributed by atoms with Gasteiger partial charge in [0.2, 0.25) is 15.9 Å². The number of carbonyl (C=O) groups excluding carboxylic acids is 1. The SMILES string of the molecule is CCc1ccc(COc2ccc(-c3nn(C)c(OC(F)F)c3Cl)c(F)c2)c(OC(C)C(=O)NS(C)(=O)=O)c1. The van der Waals surface area contributed by atoms with E-state index in [2.05, 4.69) is 9.84 Å². The van der Waals surface area contributed by atoms with Crippen molar-refractivity contribution in [2.45, 2.75) is 39.6 Å². The van der Waals surface area contributed by atoms with Crippen LogP contribution in [0.15, 0.2) is 36.4 Å². The van der Waals surface area contributed by atoms with Crippen LogP contribution in [-0.4, -0.2) is 43.1 Å². The molecule has 9 nitrogen and oxygen atoms in total. The lowest BCUT2D eigenvalue weighted by atomic mass is 10.1. The molecule has 0 aliphatic carbocycles. The lowest BCUT2D eigenvalue weighted by Gasteiger charge is -2.18. The molecule has 1 unspecified atom stereocenters. The molecule has 1 atom stereocenters. The maximum Gasteiger partial charge on any atom is 0.388 e. The van der Waals surface area contributed by atoms with Crippen molar-refractivity contribution in [1.82, 2.24) is 14.5 Å². The second kappa shape index (κ2) is 11.9. The average Bonchev–Trinajstić information content (AvgIpc) is 3.09. The Morgan fingerprint density at radius 3 is 2.50 bits per heavy atom. The zero-order valence-corrected chi connectivity index (χ0v) is 22.4. The van der Waals surface area contributed by atoms with Crippen LogP contribution in [0.5, 0.6) is 17.4 Å². The minimum absolute atomic E-state index is 0.0518. The predicted octanol–water partition coefficient (Wildman–Crippen LogP) is 4.47. The minimum atomic E-state index is -3.76. The van der Waals surface area contributed by atoms with Crippen molar-refractivity contribution in [2.24, 2.45) is 7.05 Å². The number of rotatable bonds is 11. The number of benzene rings is 2. The summed E-state index contributed by atoms with van der Waals surface area (Å²) in [6, 6.07) is 9.11. The quantitative estimate of drug-likeness (QED) is 0.359. The van der Waals surface area contributed by atoms with Crippen LogP contribution in [-0.2, 0) is 34.9 Å². The summed E-state index contributed by atoms with van der Waals surface area (Å²) >= 11 is 6.09. The highest BCUT2D eigenvalue weighted by atomic mass is 35.5. The molecule has 0 aliphatic rings. The van der Waals surface area contributed by atoms with Crippen molar-refractivity contribution in [3.8, 4) is 28.6 Å². The minimum Gasteiger partial charge on any atom is -0.489 e. The van der Waals surface area contributed by atoms with Gasteiger partial charge in [-0.25, -0.2) is 17.5 Å². The second-order valence-corrected chi connectivity index (χ2v) is 10.3. The summed E-state index contributed by atoms with van der Waals surface area (Å²) in [5.41, 5.74) is 1.29. The summed E-state index contributed by atoms with van der Waals surface area (Å²) in [7, 11) is -2.43. The molecule has 0 fully saturated rings. The van der Waals surface area contributed by atoms with E-state index < -0.39 is 40.3 Å². The Hall–Kier alpha value is -3.45. The van der Waals surface area contributed by atoms with Crippen LogP contribution < -0.4 is 18.9 Å². The van der Waals surface area contributed by atoms with Crippen LogP contribution in [0, 0.1) is 5.82 Å². The van der Waals surface area contributed by atoms with Crippen LogP contribution in [0.4, 0.5) is 13.2 Å². The smallest absolute Gasteiger partial charge is 0.388 e. The van der Waals surface area contributed by atoms with Crippen molar-refractivity contribution in [2.75, 3.05) is 6.26 Å². The Morgan fingerprint density at radius 1 is 1.18 bits per heavy atom. The first-order valence-corrected chi connectivity index (χ1v) is 13.5. The zero-order valence-electron chi connectivity index (χ0n) is 20.8. The van der Waals surface area contributed by atoms with Crippen LogP contribution >= 0.6 is 11.6 Å². The number of ether oxygens (including phenoxy) is 3. The molecule has 3 aromatic rings. The number of hydrogen-bond acceptors (Lipinski definition) is 7. The first kappa shape index (κ1) is 29.1. The summed E-state index contributed by atoms with van der Waals surface area (Å²) in [4.78, 5) is 12.1. The number of aromatic nitrogens is 2. The van der Waals surface area contributed by atoms with Crippen LogP contribution in [0.2, 0.25) is 5.02 Å². The zero-order chi connectivity index (χ0) is 28.2. The van der Waals surface area contributed by atoms with E-state index in [0.717, 1.165) is 22.6 Å². The van der Waals surface area contributed by atoms with E-state index in [-0.39, 0.29) is 28.6 Å². The monoisotopic (exact) mass is 575 g/mol. The lowest BCUT2D eigenvalue weighted by Crippen LogP contribution is -2.39. The molecule has 206 valence electrons. The Morgan fingerprint density at radius 2 is 1.89 bits per heavy atom. The number of alkyl halides is 2. The summed E-state index contributed by atoms with van der Waals surface area (Å²) in [6.45, 7) is 0.123. The van der Waals surface area contributed by atoms with Crippen molar-refractivity contribution in [3.63, 3.8) is 0 Å². The fourth-order valence-electron chi connectivity index (χ4n) is 3.36. The van der Waals surface area contributed by atoms with Crippen LogP contribution in [0.25, 0.3) is 11.3 Å². The van der Waals surface area contributed by atoms with Crippen LogP contribution in [0.3, 0.4) is 0 Å². The molecular formula is C24H25ClF3N3O6S. The van der Waals surface area contributed by atoms with Gasteiger partial charge < -0.3 is 14.2 Å². The predicted molar refractivity (Wildman–Crippen MR) is 133 cm³/mol.